The third-order valence-electron chi connectivity index (χ3n) is 3.58. The highest BCUT2D eigenvalue weighted by molar-refractivity contribution is 5.80. The van der Waals surface area contributed by atoms with Crippen molar-refractivity contribution < 1.29 is 4.74 Å². The van der Waals surface area contributed by atoms with Gasteiger partial charge in [-0.2, -0.15) is 0 Å². The number of nitrogens with one attached hydrogen (secondary N) is 2. The minimum absolute atomic E-state index is 0.0889. The van der Waals surface area contributed by atoms with E-state index < -0.39 is 0 Å². The van der Waals surface area contributed by atoms with Crippen LogP contribution in [0.4, 0.5) is 0 Å². The molecule has 0 spiro atoms. The van der Waals surface area contributed by atoms with Crippen LogP contribution in [0.2, 0.25) is 0 Å². The summed E-state index contributed by atoms with van der Waals surface area (Å²) in [6.07, 6.45) is 0.128. The number of hydrogen-bond acceptors (Lipinski definition) is 2. The summed E-state index contributed by atoms with van der Waals surface area (Å²) in [6.45, 7) is 9.36. The first-order valence-corrected chi connectivity index (χ1v) is 7.43. The summed E-state index contributed by atoms with van der Waals surface area (Å²) in [5.41, 5.74) is 1.32. The van der Waals surface area contributed by atoms with Gasteiger partial charge in [-0.05, 0) is 17.9 Å². The van der Waals surface area contributed by atoms with Gasteiger partial charge in [0.25, 0.3) is 0 Å². The summed E-state index contributed by atoms with van der Waals surface area (Å²) < 4.78 is 5.55. The fourth-order valence-electron chi connectivity index (χ4n) is 2.16. The van der Waals surface area contributed by atoms with Crippen molar-refractivity contribution in [3.8, 4) is 0 Å². The molecule has 0 aromatic heterocycles. The fraction of sp³-hybridized carbons (Fsp3) is 0.588. The molecule has 0 heterocycles. The van der Waals surface area contributed by atoms with Crippen LogP contribution < -0.4 is 10.6 Å². The second kappa shape index (κ2) is 8.03. The van der Waals surface area contributed by atoms with Gasteiger partial charge >= 0.3 is 0 Å². The molecule has 1 aromatic rings. The molecule has 0 aliphatic carbocycles. The Morgan fingerprint density at radius 3 is 2.33 bits per heavy atom. The van der Waals surface area contributed by atoms with Crippen LogP contribution in [-0.4, -0.2) is 32.8 Å². The van der Waals surface area contributed by atoms with Gasteiger partial charge in [0.05, 0.1) is 12.1 Å². The zero-order chi connectivity index (χ0) is 15.9. The summed E-state index contributed by atoms with van der Waals surface area (Å²) in [4.78, 5) is 4.28. The molecule has 2 unspecified atom stereocenters. The summed E-state index contributed by atoms with van der Waals surface area (Å²) in [7, 11) is 3.53. The van der Waals surface area contributed by atoms with E-state index in [4.69, 9.17) is 4.74 Å². The van der Waals surface area contributed by atoms with Gasteiger partial charge in [-0.15, -0.1) is 0 Å². The first kappa shape index (κ1) is 17.5. The van der Waals surface area contributed by atoms with Crippen LogP contribution in [0.1, 0.15) is 39.3 Å². The van der Waals surface area contributed by atoms with Crippen LogP contribution in [0, 0.1) is 5.41 Å². The van der Waals surface area contributed by atoms with Gasteiger partial charge in [0.2, 0.25) is 0 Å². The molecule has 118 valence electrons. The number of ether oxygens (including phenoxy) is 1. The molecule has 0 fully saturated rings. The van der Waals surface area contributed by atoms with Gasteiger partial charge < -0.3 is 15.4 Å². The molecule has 2 atom stereocenters. The predicted octanol–water partition coefficient (Wildman–Crippen LogP) is 2.97. The highest BCUT2D eigenvalue weighted by Crippen LogP contribution is 2.21. The quantitative estimate of drug-likeness (QED) is 0.647. The molecule has 4 nitrogen and oxygen atoms in total. The van der Waals surface area contributed by atoms with E-state index in [1.807, 2.05) is 18.2 Å². The summed E-state index contributed by atoms with van der Waals surface area (Å²) in [5, 5.41) is 6.74. The van der Waals surface area contributed by atoms with E-state index in [1.54, 1.807) is 14.2 Å². The summed E-state index contributed by atoms with van der Waals surface area (Å²) in [5.74, 6) is 0.789. The van der Waals surface area contributed by atoms with Gasteiger partial charge in [0.1, 0.15) is 0 Å². The van der Waals surface area contributed by atoms with Crippen molar-refractivity contribution in [3.63, 3.8) is 0 Å². The van der Waals surface area contributed by atoms with Crippen molar-refractivity contribution in [2.24, 2.45) is 10.4 Å². The summed E-state index contributed by atoms with van der Waals surface area (Å²) >= 11 is 0. The number of rotatable bonds is 5. The van der Waals surface area contributed by atoms with Gasteiger partial charge in [0, 0.05) is 20.7 Å². The lowest BCUT2D eigenvalue weighted by atomic mass is 9.89. The van der Waals surface area contributed by atoms with Gasteiger partial charge in [-0.3, -0.25) is 4.99 Å². The van der Waals surface area contributed by atoms with E-state index in [1.165, 1.54) is 5.56 Å². The van der Waals surface area contributed by atoms with Crippen molar-refractivity contribution in [3.05, 3.63) is 35.9 Å². The van der Waals surface area contributed by atoms with Gasteiger partial charge in [0.15, 0.2) is 5.96 Å². The molecule has 2 N–H and O–H groups in total. The van der Waals surface area contributed by atoms with E-state index in [2.05, 4.69) is 55.5 Å². The average Bonchev–Trinajstić information content (AvgIpc) is 2.46. The topological polar surface area (TPSA) is 45.7 Å². The van der Waals surface area contributed by atoms with Crippen LogP contribution in [0.15, 0.2) is 35.3 Å². The second-order valence-corrected chi connectivity index (χ2v) is 6.32. The Labute approximate surface area is 129 Å². The first-order chi connectivity index (χ1) is 9.88. The molecule has 0 saturated heterocycles. The largest absolute Gasteiger partial charge is 0.379 e. The lowest BCUT2D eigenvalue weighted by Crippen LogP contribution is -2.45. The van der Waals surface area contributed by atoms with E-state index in [0.717, 1.165) is 12.5 Å². The van der Waals surface area contributed by atoms with Gasteiger partial charge in [-0.1, -0.05) is 51.1 Å². The monoisotopic (exact) mass is 291 g/mol. The fourth-order valence-corrected chi connectivity index (χ4v) is 2.16. The second-order valence-electron chi connectivity index (χ2n) is 6.32. The number of benzene rings is 1. The van der Waals surface area contributed by atoms with Crippen LogP contribution in [-0.2, 0) is 4.74 Å². The Hall–Kier alpha value is -1.55. The molecule has 0 bridgehead atoms. The minimum atomic E-state index is 0.0889. The van der Waals surface area contributed by atoms with E-state index in [0.29, 0.717) is 0 Å². The maximum Gasteiger partial charge on any atom is 0.191 e. The number of aliphatic imine (C=N–C) groups is 1. The standard InChI is InChI=1S/C17H29N3O/c1-13(14-10-8-7-9-11-14)20-16(18-5)19-12-15(21-6)17(2,3)4/h7-11,13,15H,12H2,1-6H3,(H2,18,19,20). The smallest absolute Gasteiger partial charge is 0.191 e. The maximum atomic E-state index is 5.55. The minimum Gasteiger partial charge on any atom is -0.379 e. The predicted molar refractivity (Wildman–Crippen MR) is 89.6 cm³/mol. The molecule has 4 heteroatoms. The maximum absolute atomic E-state index is 5.55. The highest BCUT2D eigenvalue weighted by atomic mass is 16.5. The molecule has 0 amide bonds. The molecular weight excluding hydrogens is 262 g/mol. The third kappa shape index (κ3) is 5.76. The van der Waals surface area contributed by atoms with Crippen molar-refractivity contribution in [1.82, 2.24) is 10.6 Å². The molecule has 1 rings (SSSR count). The molecule has 0 aliphatic rings. The Kier molecular flexibility index (Phi) is 6.69. The average molecular weight is 291 g/mol. The normalized spacial score (nSPS) is 15.4. The number of methoxy groups -OCH3 is 1. The van der Waals surface area contributed by atoms with E-state index in [-0.39, 0.29) is 17.6 Å². The first-order valence-electron chi connectivity index (χ1n) is 7.43. The Bertz CT molecular complexity index is 437. The SMILES string of the molecule is CN=C(NCC(OC)C(C)(C)C)NC(C)c1ccccc1. The van der Waals surface area contributed by atoms with Crippen LogP contribution >= 0.6 is 0 Å². The van der Waals surface area contributed by atoms with Crippen LogP contribution in [0.25, 0.3) is 0 Å². The van der Waals surface area contributed by atoms with Crippen molar-refractivity contribution >= 4 is 5.96 Å². The summed E-state index contributed by atoms with van der Waals surface area (Å²) in [6, 6.07) is 10.5. The van der Waals surface area contributed by atoms with Crippen molar-refractivity contribution in [1.29, 1.82) is 0 Å². The molecular formula is C17H29N3O. The van der Waals surface area contributed by atoms with Crippen LogP contribution in [0.3, 0.4) is 0 Å². The van der Waals surface area contributed by atoms with Gasteiger partial charge in [-0.25, -0.2) is 0 Å². The van der Waals surface area contributed by atoms with E-state index in [9.17, 15) is 0 Å². The third-order valence-corrected chi connectivity index (χ3v) is 3.58. The highest BCUT2D eigenvalue weighted by Gasteiger charge is 2.24. The van der Waals surface area contributed by atoms with Crippen LogP contribution in [0.5, 0.6) is 0 Å². The van der Waals surface area contributed by atoms with Crippen molar-refractivity contribution in [2.75, 3.05) is 20.7 Å². The molecule has 21 heavy (non-hydrogen) atoms. The zero-order valence-electron chi connectivity index (χ0n) is 14.1. The number of nitrogens with zero attached hydrogens (tertiary/aromatic N) is 1. The van der Waals surface area contributed by atoms with Crippen molar-refractivity contribution in [2.45, 2.75) is 39.8 Å². The molecule has 1 aromatic carbocycles. The Morgan fingerprint density at radius 2 is 1.86 bits per heavy atom. The number of hydrogen-bond donors (Lipinski definition) is 2. The Balaban J connectivity index is 2.57. The number of guanidine groups is 1. The lowest BCUT2D eigenvalue weighted by Gasteiger charge is -2.30. The zero-order valence-corrected chi connectivity index (χ0v) is 14.1. The van der Waals surface area contributed by atoms with E-state index >= 15 is 0 Å². The molecule has 0 aliphatic heterocycles. The molecule has 0 radical (unpaired) electrons. The Morgan fingerprint density at radius 1 is 1.24 bits per heavy atom. The molecule has 0 saturated carbocycles. The lowest BCUT2D eigenvalue weighted by molar-refractivity contribution is 0.0205.